The van der Waals surface area contributed by atoms with Gasteiger partial charge < -0.3 is 14.6 Å². The number of ether oxygens (including phenoxy) is 2. The zero-order valence-corrected chi connectivity index (χ0v) is 13.0. The number of nitrogens with zero attached hydrogens (tertiary/aromatic N) is 2. The van der Waals surface area contributed by atoms with Crippen LogP contribution in [-0.2, 0) is 0 Å². The number of aromatic nitrogens is 2. The van der Waals surface area contributed by atoms with Crippen molar-refractivity contribution >= 4 is 11.6 Å². The molecule has 1 aromatic carbocycles. The zero-order chi connectivity index (χ0) is 16.6. The average Bonchev–Trinajstić information content (AvgIpc) is 2.95. The van der Waals surface area contributed by atoms with Gasteiger partial charge in [0.15, 0.2) is 5.69 Å². The number of aromatic carboxylic acids is 1. The van der Waals surface area contributed by atoms with E-state index in [0.29, 0.717) is 28.4 Å². The van der Waals surface area contributed by atoms with Crippen molar-refractivity contribution in [2.45, 2.75) is 6.92 Å². The molecule has 0 aliphatic rings. The standard InChI is InChI=1S/C17H16N2O4/c1-10-5-4-6-14-18-15(16(17(20)21)19(10)14)12-9-11(22-2)7-8-13(12)23-3/h4-9H,1-3H3,(H,20,21). The Hall–Kier alpha value is -3.02. The summed E-state index contributed by atoms with van der Waals surface area (Å²) in [6.07, 6.45) is 0. The van der Waals surface area contributed by atoms with E-state index in [-0.39, 0.29) is 5.69 Å². The number of carbonyl (C=O) groups is 1. The molecule has 0 saturated heterocycles. The zero-order valence-electron chi connectivity index (χ0n) is 13.0. The summed E-state index contributed by atoms with van der Waals surface area (Å²) < 4.78 is 12.2. The highest BCUT2D eigenvalue weighted by molar-refractivity contribution is 5.96. The number of methoxy groups -OCH3 is 2. The lowest BCUT2D eigenvalue weighted by Crippen LogP contribution is -2.06. The number of pyridine rings is 1. The molecular formula is C17H16N2O4. The minimum atomic E-state index is -1.05. The third-order valence-electron chi connectivity index (χ3n) is 3.70. The van der Waals surface area contributed by atoms with Crippen LogP contribution in [0.5, 0.6) is 11.5 Å². The number of imidazole rings is 1. The molecule has 6 heteroatoms. The Labute approximate surface area is 132 Å². The van der Waals surface area contributed by atoms with E-state index in [0.717, 1.165) is 5.69 Å². The summed E-state index contributed by atoms with van der Waals surface area (Å²) >= 11 is 0. The molecule has 0 spiro atoms. The number of hydrogen-bond donors (Lipinski definition) is 1. The molecule has 0 radical (unpaired) electrons. The van der Waals surface area contributed by atoms with Crippen LogP contribution >= 0.6 is 0 Å². The van der Waals surface area contributed by atoms with Crippen molar-refractivity contribution < 1.29 is 19.4 Å². The number of carboxylic acids is 1. The van der Waals surface area contributed by atoms with Crippen LogP contribution in [0.3, 0.4) is 0 Å². The lowest BCUT2D eigenvalue weighted by molar-refractivity contribution is 0.0690. The first-order valence-electron chi connectivity index (χ1n) is 7.00. The number of carboxylic acid groups (broad SMARTS) is 1. The van der Waals surface area contributed by atoms with E-state index in [9.17, 15) is 9.90 Å². The summed E-state index contributed by atoms with van der Waals surface area (Å²) in [6, 6.07) is 10.7. The van der Waals surface area contributed by atoms with Gasteiger partial charge in [-0.2, -0.15) is 0 Å². The first-order valence-corrected chi connectivity index (χ1v) is 7.00. The van der Waals surface area contributed by atoms with Crippen molar-refractivity contribution in [1.29, 1.82) is 0 Å². The first-order chi connectivity index (χ1) is 11.1. The number of hydrogen-bond acceptors (Lipinski definition) is 4. The van der Waals surface area contributed by atoms with Crippen molar-refractivity contribution in [3.8, 4) is 22.8 Å². The van der Waals surface area contributed by atoms with Crippen molar-refractivity contribution in [2.24, 2.45) is 0 Å². The predicted molar refractivity (Wildman–Crippen MR) is 85.4 cm³/mol. The van der Waals surface area contributed by atoms with Crippen LogP contribution < -0.4 is 9.47 Å². The number of aryl methyl sites for hydroxylation is 1. The van der Waals surface area contributed by atoms with E-state index in [1.54, 1.807) is 35.8 Å². The van der Waals surface area contributed by atoms with E-state index in [1.807, 2.05) is 19.1 Å². The molecule has 0 atom stereocenters. The van der Waals surface area contributed by atoms with Gasteiger partial charge in [-0.1, -0.05) is 6.07 Å². The summed E-state index contributed by atoms with van der Waals surface area (Å²) in [5.74, 6) is 0.0898. The van der Waals surface area contributed by atoms with Gasteiger partial charge in [-0.05, 0) is 37.3 Å². The second-order valence-corrected chi connectivity index (χ2v) is 5.04. The maximum Gasteiger partial charge on any atom is 0.355 e. The van der Waals surface area contributed by atoms with Gasteiger partial charge in [0.05, 0.1) is 14.2 Å². The van der Waals surface area contributed by atoms with Crippen molar-refractivity contribution in [2.75, 3.05) is 14.2 Å². The molecule has 3 aromatic rings. The van der Waals surface area contributed by atoms with E-state index in [4.69, 9.17) is 9.47 Å². The topological polar surface area (TPSA) is 73.1 Å². The maximum absolute atomic E-state index is 11.8. The molecule has 0 aliphatic carbocycles. The molecule has 118 valence electrons. The van der Waals surface area contributed by atoms with E-state index < -0.39 is 5.97 Å². The Morgan fingerprint density at radius 3 is 2.61 bits per heavy atom. The second-order valence-electron chi connectivity index (χ2n) is 5.04. The van der Waals surface area contributed by atoms with Crippen molar-refractivity contribution in [1.82, 2.24) is 9.38 Å². The smallest absolute Gasteiger partial charge is 0.355 e. The van der Waals surface area contributed by atoms with Crippen LogP contribution in [-0.4, -0.2) is 34.7 Å². The van der Waals surface area contributed by atoms with Gasteiger partial charge in [0, 0.05) is 11.3 Å². The van der Waals surface area contributed by atoms with Crippen LogP contribution in [0.2, 0.25) is 0 Å². The van der Waals surface area contributed by atoms with Crippen molar-refractivity contribution in [3.05, 3.63) is 47.8 Å². The average molecular weight is 312 g/mol. The Bertz CT molecular complexity index is 899. The van der Waals surface area contributed by atoms with E-state index >= 15 is 0 Å². The summed E-state index contributed by atoms with van der Waals surface area (Å²) in [5, 5.41) is 9.70. The SMILES string of the molecule is COc1ccc(OC)c(-c2nc3cccc(C)n3c2C(=O)O)c1. The van der Waals surface area contributed by atoms with Crippen LogP contribution in [0, 0.1) is 6.92 Å². The third kappa shape index (κ3) is 2.38. The van der Waals surface area contributed by atoms with Gasteiger partial charge in [-0.15, -0.1) is 0 Å². The fourth-order valence-electron chi connectivity index (χ4n) is 2.64. The Morgan fingerprint density at radius 1 is 1.17 bits per heavy atom. The van der Waals surface area contributed by atoms with E-state index in [1.165, 1.54) is 7.11 Å². The highest BCUT2D eigenvalue weighted by Crippen LogP contribution is 2.35. The molecule has 2 heterocycles. The van der Waals surface area contributed by atoms with Gasteiger partial charge >= 0.3 is 5.97 Å². The monoisotopic (exact) mass is 312 g/mol. The number of rotatable bonds is 4. The summed E-state index contributed by atoms with van der Waals surface area (Å²) in [5.41, 5.74) is 2.39. The molecule has 1 N–H and O–H groups in total. The molecule has 6 nitrogen and oxygen atoms in total. The molecule has 2 aromatic heterocycles. The lowest BCUT2D eigenvalue weighted by Gasteiger charge is -2.09. The summed E-state index contributed by atoms with van der Waals surface area (Å²) in [6.45, 7) is 1.84. The lowest BCUT2D eigenvalue weighted by atomic mass is 10.1. The van der Waals surface area contributed by atoms with Crippen LogP contribution in [0.1, 0.15) is 16.2 Å². The maximum atomic E-state index is 11.8. The van der Waals surface area contributed by atoms with Crippen LogP contribution in [0.4, 0.5) is 0 Å². The minimum Gasteiger partial charge on any atom is -0.497 e. The van der Waals surface area contributed by atoms with Gasteiger partial charge in [0.1, 0.15) is 22.8 Å². The van der Waals surface area contributed by atoms with Crippen LogP contribution in [0.25, 0.3) is 16.9 Å². The van der Waals surface area contributed by atoms with Crippen molar-refractivity contribution in [3.63, 3.8) is 0 Å². The highest BCUT2D eigenvalue weighted by Gasteiger charge is 2.23. The Morgan fingerprint density at radius 2 is 1.96 bits per heavy atom. The van der Waals surface area contributed by atoms with Gasteiger partial charge in [-0.3, -0.25) is 4.40 Å². The normalized spacial score (nSPS) is 10.7. The molecule has 0 fully saturated rings. The molecule has 23 heavy (non-hydrogen) atoms. The molecule has 0 aliphatic heterocycles. The molecule has 3 rings (SSSR count). The molecular weight excluding hydrogens is 296 g/mol. The van der Waals surface area contributed by atoms with Gasteiger partial charge in [0.2, 0.25) is 0 Å². The molecule has 0 amide bonds. The fraction of sp³-hybridized carbons (Fsp3) is 0.176. The van der Waals surface area contributed by atoms with E-state index in [2.05, 4.69) is 4.98 Å². The number of fused-ring (bicyclic) bond motifs is 1. The molecule has 0 saturated carbocycles. The van der Waals surface area contributed by atoms with Gasteiger partial charge in [0.25, 0.3) is 0 Å². The summed E-state index contributed by atoms with van der Waals surface area (Å²) in [7, 11) is 3.09. The quantitative estimate of drug-likeness (QED) is 0.801. The number of benzene rings is 1. The minimum absolute atomic E-state index is 0.102. The largest absolute Gasteiger partial charge is 0.497 e. The Balaban J connectivity index is 2.39. The van der Waals surface area contributed by atoms with Crippen LogP contribution in [0.15, 0.2) is 36.4 Å². The molecule has 0 unspecified atom stereocenters. The highest BCUT2D eigenvalue weighted by atomic mass is 16.5. The van der Waals surface area contributed by atoms with Gasteiger partial charge in [-0.25, -0.2) is 9.78 Å². The first kappa shape index (κ1) is 14.9. The Kier molecular flexibility index (Phi) is 3.65. The predicted octanol–water partition coefficient (Wildman–Crippen LogP) is 3.03. The molecule has 0 bridgehead atoms. The summed E-state index contributed by atoms with van der Waals surface area (Å²) in [4.78, 5) is 16.3. The second kappa shape index (κ2) is 5.64. The fourth-order valence-corrected chi connectivity index (χ4v) is 2.64. The third-order valence-corrected chi connectivity index (χ3v) is 3.70.